The van der Waals surface area contributed by atoms with Crippen molar-refractivity contribution in [1.82, 2.24) is 15.1 Å². The lowest BCUT2D eigenvalue weighted by Gasteiger charge is -2.35. The highest BCUT2D eigenvalue weighted by atomic mass is 16.5. The Balaban J connectivity index is 1.68. The van der Waals surface area contributed by atoms with E-state index in [-0.39, 0.29) is 18.2 Å². The number of aryl methyl sites for hydroxylation is 1. The quantitative estimate of drug-likeness (QED) is 0.859. The molecule has 1 aromatic carbocycles. The van der Waals surface area contributed by atoms with E-state index in [0.29, 0.717) is 13.1 Å². The van der Waals surface area contributed by atoms with E-state index in [1.54, 1.807) is 7.11 Å². The number of piperazine rings is 1. The maximum absolute atomic E-state index is 12.8. The Morgan fingerprint density at radius 2 is 1.93 bits per heavy atom. The zero-order valence-electron chi connectivity index (χ0n) is 16.5. The molecule has 2 aliphatic rings. The fourth-order valence-electron chi connectivity index (χ4n) is 4.06. The molecule has 0 aromatic heterocycles. The Bertz CT molecular complexity index is 669. The first-order valence-corrected chi connectivity index (χ1v) is 10.0. The smallest absolute Gasteiger partial charge is 0.237 e. The summed E-state index contributed by atoms with van der Waals surface area (Å²) in [6.45, 7) is 5.72. The monoisotopic (exact) mass is 373 g/mol. The fourth-order valence-corrected chi connectivity index (χ4v) is 4.06. The van der Waals surface area contributed by atoms with Gasteiger partial charge in [0.05, 0.1) is 19.6 Å². The van der Waals surface area contributed by atoms with Gasteiger partial charge in [-0.05, 0) is 37.0 Å². The van der Waals surface area contributed by atoms with Gasteiger partial charge in [0, 0.05) is 32.7 Å². The van der Waals surface area contributed by atoms with Gasteiger partial charge in [-0.3, -0.25) is 14.5 Å². The van der Waals surface area contributed by atoms with Crippen LogP contribution in [0.2, 0.25) is 0 Å². The van der Waals surface area contributed by atoms with Gasteiger partial charge in [0.1, 0.15) is 5.75 Å². The van der Waals surface area contributed by atoms with E-state index in [1.165, 1.54) is 12.8 Å². The van der Waals surface area contributed by atoms with Gasteiger partial charge in [0.15, 0.2) is 0 Å². The number of carbonyl (C=O) groups excluding carboxylic acids is 2. The predicted octanol–water partition coefficient (Wildman–Crippen LogP) is 2.10. The number of hydrogen-bond donors (Lipinski definition) is 1. The third-order valence-corrected chi connectivity index (χ3v) is 5.61. The van der Waals surface area contributed by atoms with Gasteiger partial charge in [0.25, 0.3) is 0 Å². The van der Waals surface area contributed by atoms with E-state index >= 15 is 0 Å². The van der Waals surface area contributed by atoms with Crippen LogP contribution >= 0.6 is 0 Å². The number of nitrogens with one attached hydrogen (secondary N) is 1. The maximum atomic E-state index is 12.8. The molecule has 27 heavy (non-hydrogen) atoms. The molecule has 1 atom stereocenters. The van der Waals surface area contributed by atoms with Gasteiger partial charge < -0.3 is 15.0 Å². The number of hydrogen-bond acceptors (Lipinski definition) is 4. The molecule has 6 nitrogen and oxygen atoms in total. The summed E-state index contributed by atoms with van der Waals surface area (Å²) < 4.78 is 5.33. The first-order valence-electron chi connectivity index (χ1n) is 10.0. The lowest BCUT2D eigenvalue weighted by atomic mass is 10.0. The molecular formula is C21H31N3O3. The number of amides is 2. The van der Waals surface area contributed by atoms with Gasteiger partial charge in [-0.15, -0.1) is 0 Å². The van der Waals surface area contributed by atoms with Gasteiger partial charge in [-0.1, -0.05) is 25.0 Å². The van der Waals surface area contributed by atoms with E-state index in [2.05, 4.69) is 16.3 Å². The first-order chi connectivity index (χ1) is 13.1. The third kappa shape index (κ3) is 5.01. The van der Waals surface area contributed by atoms with Crippen molar-refractivity contribution < 1.29 is 14.3 Å². The number of carbonyl (C=O) groups is 2. The Morgan fingerprint density at radius 3 is 2.59 bits per heavy atom. The van der Waals surface area contributed by atoms with Crippen molar-refractivity contribution in [2.75, 3.05) is 33.3 Å². The second-order valence-corrected chi connectivity index (χ2v) is 7.58. The zero-order valence-corrected chi connectivity index (χ0v) is 16.5. The van der Waals surface area contributed by atoms with Gasteiger partial charge in [-0.2, -0.15) is 0 Å². The van der Waals surface area contributed by atoms with Crippen molar-refractivity contribution in [1.29, 1.82) is 0 Å². The van der Waals surface area contributed by atoms with Crippen molar-refractivity contribution in [2.24, 2.45) is 0 Å². The van der Waals surface area contributed by atoms with Gasteiger partial charge in [-0.25, -0.2) is 0 Å². The number of rotatable bonds is 5. The third-order valence-electron chi connectivity index (χ3n) is 5.61. The Hall–Kier alpha value is -2.08. The number of methoxy groups -OCH3 is 1. The lowest BCUT2D eigenvalue weighted by molar-refractivity contribution is -0.139. The van der Waals surface area contributed by atoms with E-state index in [0.717, 1.165) is 49.4 Å². The minimum Gasteiger partial charge on any atom is -0.496 e. The highest BCUT2D eigenvalue weighted by Gasteiger charge is 2.33. The van der Waals surface area contributed by atoms with Crippen LogP contribution in [0.5, 0.6) is 5.75 Å². The summed E-state index contributed by atoms with van der Waals surface area (Å²) in [6.07, 6.45) is 4.78. The predicted molar refractivity (Wildman–Crippen MR) is 105 cm³/mol. The standard InChI is InChI=1S/C21H31N3O3/c1-16-13-17(7-8-19(16)27-2)15-24-12-9-22-21(26)18(24)14-20(25)23-10-5-3-4-6-11-23/h7-8,13,18H,3-6,9-12,14-15H2,1-2H3,(H,22,26)/t18-/m0/s1. The summed E-state index contributed by atoms with van der Waals surface area (Å²) >= 11 is 0. The zero-order chi connectivity index (χ0) is 19.2. The molecule has 2 fully saturated rings. The van der Waals surface area contributed by atoms with Crippen LogP contribution in [0, 0.1) is 6.92 Å². The largest absolute Gasteiger partial charge is 0.496 e. The van der Waals surface area contributed by atoms with Crippen LogP contribution in [0.3, 0.4) is 0 Å². The van der Waals surface area contributed by atoms with Crippen molar-refractivity contribution in [3.05, 3.63) is 29.3 Å². The molecule has 0 aliphatic carbocycles. The van der Waals surface area contributed by atoms with Crippen molar-refractivity contribution in [3.63, 3.8) is 0 Å². The van der Waals surface area contributed by atoms with E-state index < -0.39 is 6.04 Å². The van der Waals surface area contributed by atoms with Crippen LogP contribution in [-0.2, 0) is 16.1 Å². The van der Waals surface area contributed by atoms with Crippen LogP contribution < -0.4 is 10.1 Å². The minimum atomic E-state index is -0.392. The summed E-state index contributed by atoms with van der Waals surface area (Å²) in [5.74, 6) is 0.938. The summed E-state index contributed by atoms with van der Waals surface area (Å²) in [5.41, 5.74) is 2.21. The molecule has 2 amide bonds. The molecule has 0 spiro atoms. The summed E-state index contributed by atoms with van der Waals surface area (Å²) in [5, 5.41) is 2.93. The minimum absolute atomic E-state index is 0.0327. The number of nitrogens with zero attached hydrogens (tertiary/aromatic N) is 2. The Morgan fingerprint density at radius 1 is 1.19 bits per heavy atom. The summed E-state index contributed by atoms with van der Waals surface area (Å²) in [4.78, 5) is 29.4. The summed E-state index contributed by atoms with van der Waals surface area (Å²) in [7, 11) is 1.67. The molecular weight excluding hydrogens is 342 g/mol. The topological polar surface area (TPSA) is 61.9 Å². The molecule has 148 valence electrons. The molecule has 0 bridgehead atoms. The van der Waals surface area contributed by atoms with Crippen molar-refractivity contribution in [3.8, 4) is 5.75 Å². The average Bonchev–Trinajstić information content (AvgIpc) is 2.94. The van der Waals surface area contributed by atoms with Gasteiger partial charge in [0.2, 0.25) is 11.8 Å². The molecule has 2 heterocycles. The Labute approximate surface area is 161 Å². The fraction of sp³-hybridized carbons (Fsp3) is 0.619. The van der Waals surface area contributed by atoms with Crippen LogP contribution in [0.25, 0.3) is 0 Å². The maximum Gasteiger partial charge on any atom is 0.237 e. The SMILES string of the molecule is COc1ccc(CN2CCNC(=O)[C@@H]2CC(=O)N2CCCCCC2)cc1C. The second-order valence-electron chi connectivity index (χ2n) is 7.58. The molecule has 6 heteroatoms. The van der Waals surface area contributed by atoms with Crippen LogP contribution in [-0.4, -0.2) is 60.9 Å². The van der Waals surface area contributed by atoms with Crippen LogP contribution in [0.4, 0.5) is 0 Å². The molecule has 0 radical (unpaired) electrons. The summed E-state index contributed by atoms with van der Waals surface area (Å²) in [6, 6.07) is 5.70. The number of ether oxygens (including phenoxy) is 1. The van der Waals surface area contributed by atoms with E-state index in [4.69, 9.17) is 4.74 Å². The highest BCUT2D eigenvalue weighted by molar-refractivity contribution is 5.88. The average molecular weight is 373 g/mol. The van der Waals surface area contributed by atoms with E-state index in [1.807, 2.05) is 24.0 Å². The number of benzene rings is 1. The molecule has 3 rings (SSSR count). The molecule has 0 saturated carbocycles. The molecule has 2 saturated heterocycles. The van der Waals surface area contributed by atoms with Crippen molar-refractivity contribution in [2.45, 2.75) is 51.6 Å². The number of likely N-dealkylation sites (tertiary alicyclic amines) is 1. The van der Waals surface area contributed by atoms with Crippen LogP contribution in [0.1, 0.15) is 43.2 Å². The van der Waals surface area contributed by atoms with Crippen LogP contribution in [0.15, 0.2) is 18.2 Å². The normalized spacial score (nSPS) is 21.5. The van der Waals surface area contributed by atoms with Crippen molar-refractivity contribution >= 4 is 11.8 Å². The van der Waals surface area contributed by atoms with E-state index in [9.17, 15) is 9.59 Å². The highest BCUT2D eigenvalue weighted by Crippen LogP contribution is 2.22. The molecule has 0 unspecified atom stereocenters. The molecule has 1 N–H and O–H groups in total. The second kappa shape index (κ2) is 9.22. The first kappa shape index (κ1) is 19.7. The Kier molecular flexibility index (Phi) is 6.72. The molecule has 2 aliphatic heterocycles. The van der Waals surface area contributed by atoms with Gasteiger partial charge >= 0.3 is 0 Å². The molecule has 1 aromatic rings. The lowest BCUT2D eigenvalue weighted by Crippen LogP contribution is -2.56.